The van der Waals surface area contributed by atoms with Gasteiger partial charge in [0.25, 0.3) is 0 Å². The van der Waals surface area contributed by atoms with Crippen molar-refractivity contribution in [2.45, 2.75) is 90.0 Å². The number of carbonyl (C=O) groups is 4. The van der Waals surface area contributed by atoms with Crippen LogP contribution in [0, 0.1) is 17.8 Å². The Kier molecular flexibility index (Phi) is 12.9. The van der Waals surface area contributed by atoms with Crippen molar-refractivity contribution in [1.82, 2.24) is 40.0 Å². The quantitative estimate of drug-likeness (QED) is 0.108. The number of thiophene rings is 1. The van der Waals surface area contributed by atoms with Crippen LogP contribution in [0.15, 0.2) is 48.8 Å². The number of nitrogens with zero attached hydrogens (tertiary/aromatic N) is 5. The van der Waals surface area contributed by atoms with Crippen LogP contribution in [0.4, 0.5) is 9.59 Å². The summed E-state index contributed by atoms with van der Waals surface area (Å²) < 4.78 is 5.99. The molecular weight excluding hydrogens is 815 g/mol. The van der Waals surface area contributed by atoms with Gasteiger partial charge in [0.2, 0.25) is 11.8 Å². The van der Waals surface area contributed by atoms with Crippen molar-refractivity contribution in [2.24, 2.45) is 17.8 Å². The highest BCUT2D eigenvalue weighted by molar-refractivity contribution is 7.23. The number of rotatable bonds is 10. The van der Waals surface area contributed by atoms with Gasteiger partial charge in [-0.2, -0.15) is 0 Å². The van der Waals surface area contributed by atoms with E-state index in [1.54, 1.807) is 16.2 Å². The fraction of sp³-hybridized carbons (Fsp3) is 0.476. The zero-order valence-corrected chi connectivity index (χ0v) is 36.4. The van der Waals surface area contributed by atoms with Gasteiger partial charge < -0.3 is 34.9 Å². The van der Waals surface area contributed by atoms with Crippen LogP contribution >= 0.6 is 36.2 Å². The summed E-state index contributed by atoms with van der Waals surface area (Å²) in [6.45, 7) is 8.14. The number of hydrogen-bond donors (Lipinski definition) is 4. The van der Waals surface area contributed by atoms with E-state index in [1.807, 2.05) is 45.0 Å². The number of piperidine rings is 1. The van der Waals surface area contributed by atoms with E-state index in [4.69, 9.17) is 14.7 Å². The van der Waals surface area contributed by atoms with Crippen LogP contribution in [-0.2, 0) is 14.3 Å². The van der Waals surface area contributed by atoms with E-state index in [2.05, 4.69) is 51.7 Å². The van der Waals surface area contributed by atoms with E-state index in [1.165, 1.54) is 14.2 Å². The first-order valence-corrected chi connectivity index (χ1v) is 20.7. The Morgan fingerprint density at radius 2 is 1.63 bits per heavy atom. The molecule has 0 radical (unpaired) electrons. The molecule has 5 heterocycles. The highest BCUT2D eigenvalue weighted by Gasteiger charge is 2.51. The fourth-order valence-electron chi connectivity index (χ4n) is 9.41. The summed E-state index contributed by atoms with van der Waals surface area (Å²) in [6.07, 6.45) is 6.41. The molecule has 14 nitrogen and oxygen atoms in total. The molecule has 316 valence electrons. The van der Waals surface area contributed by atoms with E-state index in [-0.39, 0.29) is 66.6 Å². The average molecular weight is 868 g/mol. The molecule has 2 bridgehead atoms. The fourth-order valence-corrected chi connectivity index (χ4v) is 10.6. The van der Waals surface area contributed by atoms with Crippen LogP contribution in [0.1, 0.15) is 83.5 Å². The molecule has 3 aliphatic rings. The number of ether oxygens (including phenoxy) is 1. The van der Waals surface area contributed by atoms with Crippen molar-refractivity contribution < 1.29 is 29.0 Å². The monoisotopic (exact) mass is 866 g/mol. The highest BCUT2D eigenvalue weighted by Crippen LogP contribution is 2.50. The van der Waals surface area contributed by atoms with Gasteiger partial charge in [-0.15, -0.1) is 36.2 Å². The number of aromatic amines is 2. The van der Waals surface area contributed by atoms with Gasteiger partial charge >= 0.3 is 12.2 Å². The molecule has 3 fully saturated rings. The van der Waals surface area contributed by atoms with Gasteiger partial charge in [-0.3, -0.25) is 14.5 Å². The second-order valence-corrected chi connectivity index (χ2v) is 17.5. The normalized spacial score (nSPS) is 20.8. The van der Waals surface area contributed by atoms with Gasteiger partial charge in [-0.05, 0) is 78.1 Å². The molecule has 17 heteroatoms. The summed E-state index contributed by atoms with van der Waals surface area (Å²) >= 11 is 1.70. The molecular formula is C42H52Cl2N8O6S. The molecule has 2 aliphatic heterocycles. The van der Waals surface area contributed by atoms with Gasteiger partial charge in [0.1, 0.15) is 23.7 Å². The Morgan fingerprint density at radius 3 is 2.34 bits per heavy atom. The first-order valence-electron chi connectivity index (χ1n) is 19.8. The van der Waals surface area contributed by atoms with Gasteiger partial charge in [0.05, 0.1) is 47.9 Å². The number of aromatic nitrogens is 4. The van der Waals surface area contributed by atoms with E-state index in [0.717, 1.165) is 85.5 Å². The minimum atomic E-state index is -1.12. The molecule has 3 aromatic heterocycles. The van der Waals surface area contributed by atoms with Gasteiger partial charge in [-0.1, -0.05) is 52.0 Å². The number of amides is 4. The second-order valence-electron chi connectivity index (χ2n) is 16.4. The molecule has 2 aromatic carbocycles. The second kappa shape index (κ2) is 17.4. The smallest absolute Gasteiger partial charge is 0.407 e. The first kappa shape index (κ1) is 43.7. The maximum atomic E-state index is 14.0. The largest absolute Gasteiger partial charge is 0.465 e. The standard InChI is InChI=1S/C42H50N8O6S.2ClH/c1-21(2)33(47-41(53)56-6)39(51)50-27-13-11-25(17-27)35(50)38-44-20-30(46-38)32-18-26-10-9-23-16-24(12-14-28(23)36(26)57-32)29-19-43-37(45-29)31-8-7-15-49(31)40(52)34(22(3)4)48(5)42(54)55;;/h9-10,12,14,16,18-22,25,27,31,33-35H,7-8,11,13,15,17H2,1-6H3,(H,43,45)(H,44,46)(H,47,53)(H,54,55);2*1H/t25-,27+,31-,33-,34-,35-;;/m0../s1. The van der Waals surface area contributed by atoms with Crippen molar-refractivity contribution in [3.05, 3.63) is 60.4 Å². The van der Waals surface area contributed by atoms with Crippen LogP contribution in [0.25, 0.3) is 42.7 Å². The Balaban J connectivity index is 0.00000293. The van der Waals surface area contributed by atoms with Crippen LogP contribution in [0.5, 0.6) is 0 Å². The lowest BCUT2D eigenvalue weighted by Gasteiger charge is -2.37. The molecule has 0 spiro atoms. The third-order valence-electron chi connectivity index (χ3n) is 12.2. The molecule has 5 aromatic rings. The van der Waals surface area contributed by atoms with E-state index in [9.17, 15) is 24.3 Å². The predicted octanol–water partition coefficient (Wildman–Crippen LogP) is 8.41. The third kappa shape index (κ3) is 7.96. The summed E-state index contributed by atoms with van der Waals surface area (Å²) in [5.74, 6) is 1.20. The Morgan fingerprint density at radius 1 is 0.915 bits per heavy atom. The molecule has 4 N–H and O–H groups in total. The number of carboxylic acid groups (broad SMARTS) is 1. The number of hydrogen-bond acceptors (Lipinski definition) is 8. The van der Waals surface area contributed by atoms with Crippen LogP contribution in [0.2, 0.25) is 0 Å². The van der Waals surface area contributed by atoms with Gasteiger partial charge in [0, 0.05) is 29.9 Å². The minimum absolute atomic E-state index is 0. The van der Waals surface area contributed by atoms with Crippen molar-refractivity contribution >= 4 is 81.0 Å². The number of fused-ring (bicyclic) bond motifs is 5. The molecule has 6 atom stereocenters. The summed E-state index contributed by atoms with van der Waals surface area (Å²) in [5.41, 5.74) is 2.72. The van der Waals surface area contributed by atoms with Crippen LogP contribution in [-0.4, -0.2) is 103 Å². The number of likely N-dealkylation sites (tertiary alicyclic amines) is 2. The molecule has 0 unspecified atom stereocenters. The average Bonchev–Trinajstić information content (AvgIpc) is 4.04. The maximum Gasteiger partial charge on any atom is 0.407 e. The number of likely N-dealkylation sites (N-methyl/N-ethyl adjacent to an activating group) is 1. The Hall–Kier alpha value is -4.86. The van der Waals surface area contributed by atoms with E-state index < -0.39 is 24.3 Å². The molecule has 59 heavy (non-hydrogen) atoms. The summed E-state index contributed by atoms with van der Waals surface area (Å²) in [7, 11) is 2.76. The maximum absolute atomic E-state index is 14.0. The van der Waals surface area contributed by atoms with Gasteiger partial charge in [0.15, 0.2) is 0 Å². The first-order chi connectivity index (χ1) is 27.3. The molecule has 2 saturated heterocycles. The zero-order chi connectivity index (χ0) is 40.3. The molecule has 1 aliphatic carbocycles. The molecule has 8 rings (SSSR count). The predicted molar refractivity (Wildman–Crippen MR) is 232 cm³/mol. The number of imidazole rings is 2. The number of halogens is 2. The molecule has 1 saturated carbocycles. The lowest BCUT2D eigenvalue weighted by Crippen LogP contribution is -2.54. The lowest BCUT2D eigenvalue weighted by atomic mass is 9.95. The number of alkyl carbamates (subject to hydrolysis) is 1. The molecule has 4 amide bonds. The van der Waals surface area contributed by atoms with Crippen molar-refractivity contribution in [3.63, 3.8) is 0 Å². The van der Waals surface area contributed by atoms with Crippen LogP contribution < -0.4 is 5.32 Å². The van der Waals surface area contributed by atoms with E-state index >= 15 is 0 Å². The highest BCUT2D eigenvalue weighted by atomic mass is 35.5. The number of methoxy groups -OCH3 is 1. The van der Waals surface area contributed by atoms with Gasteiger partial charge in [-0.25, -0.2) is 19.6 Å². The lowest BCUT2D eigenvalue weighted by molar-refractivity contribution is -0.139. The van der Waals surface area contributed by atoms with Crippen LogP contribution in [0.3, 0.4) is 0 Å². The Bertz CT molecular complexity index is 2360. The minimum Gasteiger partial charge on any atom is -0.465 e. The van der Waals surface area contributed by atoms with Crippen molar-refractivity contribution in [2.75, 3.05) is 20.7 Å². The number of benzene rings is 2. The number of nitrogens with one attached hydrogen (secondary N) is 3. The summed E-state index contributed by atoms with van der Waals surface area (Å²) in [4.78, 5) is 74.2. The zero-order valence-electron chi connectivity index (χ0n) is 33.9. The van der Waals surface area contributed by atoms with Crippen molar-refractivity contribution in [3.8, 4) is 21.8 Å². The number of H-pyrrole nitrogens is 2. The topological polar surface area (TPSA) is 177 Å². The summed E-state index contributed by atoms with van der Waals surface area (Å²) in [5, 5.41) is 15.7. The number of carbonyl (C=O) groups excluding carboxylic acids is 3. The third-order valence-corrected chi connectivity index (χ3v) is 13.5. The van der Waals surface area contributed by atoms with E-state index in [0.29, 0.717) is 18.3 Å². The Labute approximate surface area is 359 Å². The SMILES string of the molecule is COC(=O)N[C@H](C(=O)N1[C@@H]2CC[C@@H](C2)[C@H]1c1ncc(-c2cc3ccc4cc(-c5cnc([C@@H]6CCCN6C(=O)[C@H](C(C)C)N(C)C(=O)O)[nH]5)ccc4c3s2)[nH]1)C(C)C.Cl.Cl. The van der Waals surface area contributed by atoms with Crippen molar-refractivity contribution in [1.29, 1.82) is 0 Å². The summed E-state index contributed by atoms with van der Waals surface area (Å²) in [6, 6.07) is 11.0.